The van der Waals surface area contributed by atoms with Gasteiger partial charge in [-0.2, -0.15) is 0 Å². The highest BCUT2D eigenvalue weighted by molar-refractivity contribution is 9.10. The molecular weight excluding hydrogens is 329 g/mol. The number of hydrogen-bond acceptors (Lipinski definition) is 2. The number of carbonyl (C=O) groups is 2. The van der Waals surface area contributed by atoms with E-state index in [1.165, 1.54) is 10.4 Å². The summed E-state index contributed by atoms with van der Waals surface area (Å²) in [5, 5.41) is 0.292. The van der Waals surface area contributed by atoms with Gasteiger partial charge in [0.15, 0.2) is 0 Å². The van der Waals surface area contributed by atoms with Crippen LogP contribution in [0.4, 0.5) is 5.69 Å². The smallest absolute Gasteiger partial charge is 0.299 e. The van der Waals surface area contributed by atoms with Crippen molar-refractivity contribution in [3.8, 4) is 0 Å². The summed E-state index contributed by atoms with van der Waals surface area (Å²) >= 11 is 14.5. The van der Waals surface area contributed by atoms with Gasteiger partial charge in [-0.1, -0.05) is 39.1 Å². The van der Waals surface area contributed by atoms with E-state index in [1.807, 2.05) is 0 Å². The molecule has 6 heteroatoms. The van der Waals surface area contributed by atoms with Crippen molar-refractivity contribution in [1.29, 1.82) is 0 Å². The second-order valence-corrected chi connectivity index (χ2v) is 5.06. The molecular formula is C11H6BrCl2NO2. The van der Waals surface area contributed by atoms with Crippen molar-refractivity contribution < 1.29 is 9.59 Å². The highest BCUT2D eigenvalue weighted by atomic mass is 79.9. The summed E-state index contributed by atoms with van der Waals surface area (Å²) in [5.74, 6) is -1.11. The summed E-state index contributed by atoms with van der Waals surface area (Å²) in [6, 6.07) is 5.03. The summed E-state index contributed by atoms with van der Waals surface area (Å²) in [7, 11) is 0. The number of carbonyl (C=O) groups excluding carboxylic acids is 2. The number of benzene rings is 1. The summed E-state index contributed by atoms with van der Waals surface area (Å²) in [5.41, 5.74) is 2.11. The third-order valence-corrected chi connectivity index (χ3v) is 3.46. The monoisotopic (exact) mass is 333 g/mol. The largest absolute Gasteiger partial charge is 0.299 e. The predicted molar refractivity (Wildman–Crippen MR) is 70.6 cm³/mol. The van der Waals surface area contributed by atoms with Crippen LogP contribution in [0.25, 0.3) is 0 Å². The molecule has 0 N–H and O–H groups in total. The number of fused-ring (bicyclic) bond motifs is 1. The fourth-order valence-corrected chi connectivity index (χ4v) is 2.15. The average Bonchev–Trinajstić information content (AvgIpc) is 2.54. The van der Waals surface area contributed by atoms with E-state index in [1.54, 1.807) is 18.2 Å². The Morgan fingerprint density at radius 2 is 2.12 bits per heavy atom. The summed E-state index contributed by atoms with van der Waals surface area (Å²) < 4.78 is 0.787. The molecule has 1 aromatic carbocycles. The van der Waals surface area contributed by atoms with Crippen LogP contribution < -0.4 is 4.90 Å². The fourth-order valence-electron chi connectivity index (χ4n) is 1.61. The van der Waals surface area contributed by atoms with Crippen molar-refractivity contribution in [1.82, 2.24) is 0 Å². The molecule has 1 aromatic rings. The average molecular weight is 335 g/mol. The zero-order valence-corrected chi connectivity index (χ0v) is 11.5. The molecule has 1 aliphatic rings. The fraction of sp³-hybridized carbons (Fsp3) is 0.0909. The standard InChI is InChI=1S/C11H6BrCl2NO2/c12-6-1-2-8-9(3-6)15(5-7(14)4-13)11(17)10(8)16/h1-4H,5H2. The molecule has 0 aromatic heterocycles. The van der Waals surface area contributed by atoms with Gasteiger partial charge in [0.05, 0.1) is 17.8 Å². The Kier molecular flexibility index (Phi) is 3.56. The van der Waals surface area contributed by atoms with Crippen LogP contribution in [0.3, 0.4) is 0 Å². The number of nitrogens with zero attached hydrogens (tertiary/aromatic N) is 1. The number of Topliss-reactive ketones (excluding diaryl/α,β-unsaturated/α-hetero) is 1. The van der Waals surface area contributed by atoms with E-state index in [0.717, 1.165) is 4.47 Å². The first-order chi connectivity index (χ1) is 8.04. The van der Waals surface area contributed by atoms with Crippen molar-refractivity contribution >= 4 is 56.5 Å². The number of rotatable bonds is 2. The van der Waals surface area contributed by atoms with Gasteiger partial charge < -0.3 is 0 Å². The maximum Gasteiger partial charge on any atom is 0.299 e. The van der Waals surface area contributed by atoms with Gasteiger partial charge in [0.25, 0.3) is 11.7 Å². The summed E-state index contributed by atoms with van der Waals surface area (Å²) in [6.45, 7) is 0.0963. The van der Waals surface area contributed by atoms with Crippen LogP contribution >= 0.6 is 39.1 Å². The van der Waals surface area contributed by atoms with Crippen molar-refractivity contribution in [2.45, 2.75) is 0 Å². The van der Waals surface area contributed by atoms with Crippen LogP contribution in [0.15, 0.2) is 33.2 Å². The van der Waals surface area contributed by atoms with E-state index in [0.29, 0.717) is 16.3 Å². The molecule has 2 rings (SSSR count). The molecule has 1 amide bonds. The number of halogens is 3. The third kappa shape index (κ3) is 2.25. The number of ketones is 1. The number of hydrogen-bond donors (Lipinski definition) is 0. The highest BCUT2D eigenvalue weighted by Crippen LogP contribution is 2.32. The van der Waals surface area contributed by atoms with Gasteiger partial charge in [0.2, 0.25) is 0 Å². The Hall–Kier alpha value is -0.840. The second-order valence-electron chi connectivity index (χ2n) is 3.44. The molecule has 0 bridgehead atoms. The van der Waals surface area contributed by atoms with E-state index in [2.05, 4.69) is 15.9 Å². The molecule has 3 nitrogen and oxygen atoms in total. The Morgan fingerprint density at radius 1 is 1.41 bits per heavy atom. The van der Waals surface area contributed by atoms with Crippen LogP contribution in [-0.4, -0.2) is 18.2 Å². The lowest BCUT2D eigenvalue weighted by Crippen LogP contribution is -2.30. The molecule has 88 valence electrons. The van der Waals surface area contributed by atoms with Crippen molar-refractivity contribution in [2.75, 3.05) is 11.4 Å². The van der Waals surface area contributed by atoms with Gasteiger partial charge in [0, 0.05) is 15.0 Å². The molecule has 0 spiro atoms. The van der Waals surface area contributed by atoms with E-state index < -0.39 is 11.7 Å². The van der Waals surface area contributed by atoms with Gasteiger partial charge in [-0.3, -0.25) is 14.5 Å². The summed E-state index contributed by atoms with van der Waals surface area (Å²) in [4.78, 5) is 24.8. The first-order valence-electron chi connectivity index (χ1n) is 4.65. The molecule has 0 aliphatic carbocycles. The lowest BCUT2D eigenvalue weighted by molar-refractivity contribution is -0.114. The van der Waals surface area contributed by atoms with Gasteiger partial charge in [0.1, 0.15) is 0 Å². The molecule has 0 fully saturated rings. The number of anilines is 1. The molecule has 1 heterocycles. The molecule has 0 unspecified atom stereocenters. The Bertz CT molecular complexity index is 542. The van der Waals surface area contributed by atoms with Gasteiger partial charge in [-0.05, 0) is 18.2 Å². The van der Waals surface area contributed by atoms with Crippen LogP contribution in [-0.2, 0) is 4.79 Å². The van der Waals surface area contributed by atoms with Gasteiger partial charge >= 0.3 is 0 Å². The minimum Gasteiger partial charge on any atom is -0.299 e. The molecule has 0 radical (unpaired) electrons. The zero-order valence-electron chi connectivity index (χ0n) is 8.41. The maximum atomic E-state index is 11.8. The van der Waals surface area contributed by atoms with E-state index in [-0.39, 0.29) is 6.54 Å². The molecule has 17 heavy (non-hydrogen) atoms. The van der Waals surface area contributed by atoms with Crippen molar-refractivity contribution in [3.63, 3.8) is 0 Å². The van der Waals surface area contributed by atoms with E-state index in [9.17, 15) is 9.59 Å². The lowest BCUT2D eigenvalue weighted by atomic mass is 10.1. The molecule has 1 aliphatic heterocycles. The second kappa shape index (κ2) is 4.80. The Labute approximate surface area is 116 Å². The highest BCUT2D eigenvalue weighted by Gasteiger charge is 2.35. The maximum absolute atomic E-state index is 11.8. The van der Waals surface area contributed by atoms with Crippen molar-refractivity contribution in [2.24, 2.45) is 0 Å². The topological polar surface area (TPSA) is 37.4 Å². The quantitative estimate of drug-likeness (QED) is 0.778. The minimum absolute atomic E-state index is 0.0963. The Balaban J connectivity index is 2.46. The molecule has 0 saturated heterocycles. The normalized spacial score (nSPS) is 15.5. The van der Waals surface area contributed by atoms with E-state index >= 15 is 0 Å². The third-order valence-electron chi connectivity index (χ3n) is 2.36. The van der Waals surface area contributed by atoms with Gasteiger partial charge in [-0.15, -0.1) is 0 Å². The van der Waals surface area contributed by atoms with Crippen molar-refractivity contribution in [3.05, 3.63) is 38.8 Å². The molecule has 0 atom stereocenters. The first-order valence-corrected chi connectivity index (χ1v) is 6.26. The Morgan fingerprint density at radius 3 is 2.76 bits per heavy atom. The van der Waals surface area contributed by atoms with Crippen LogP contribution in [0.1, 0.15) is 10.4 Å². The first kappa shape index (κ1) is 12.6. The number of amides is 1. The predicted octanol–water partition coefficient (Wildman–Crippen LogP) is 3.30. The lowest BCUT2D eigenvalue weighted by Gasteiger charge is -2.15. The van der Waals surface area contributed by atoms with Gasteiger partial charge in [-0.25, -0.2) is 0 Å². The summed E-state index contributed by atoms with van der Waals surface area (Å²) in [6.07, 6.45) is 0. The molecule has 0 saturated carbocycles. The van der Waals surface area contributed by atoms with Crippen LogP contribution in [0, 0.1) is 0 Å². The van der Waals surface area contributed by atoms with Crippen LogP contribution in [0.2, 0.25) is 0 Å². The van der Waals surface area contributed by atoms with Crippen LogP contribution in [0.5, 0.6) is 0 Å². The zero-order chi connectivity index (χ0) is 12.6. The van der Waals surface area contributed by atoms with E-state index in [4.69, 9.17) is 23.2 Å². The SMILES string of the molecule is O=C1C(=O)N(CC(Cl)=CCl)c2cc(Br)ccc21. The minimum atomic E-state index is -0.588.